The van der Waals surface area contributed by atoms with Crippen LogP contribution in [0.4, 0.5) is 0 Å². The maximum absolute atomic E-state index is 2.43. The standard InChI is InChI=1S/C10H18S/c1-7-5-8(2)9(3)10(6-7)11-4/h5,8-10H,6H2,1-4H3. The predicted octanol–water partition coefficient (Wildman–Crippen LogP) is 3.34. The Balaban J connectivity index is 2.67. The largest absolute Gasteiger partial charge is 0.161 e. The van der Waals surface area contributed by atoms with Crippen LogP contribution >= 0.6 is 11.8 Å². The summed E-state index contributed by atoms with van der Waals surface area (Å²) in [6, 6.07) is 0. The van der Waals surface area contributed by atoms with Crippen molar-refractivity contribution in [2.24, 2.45) is 11.8 Å². The highest BCUT2D eigenvalue weighted by Crippen LogP contribution is 2.34. The number of rotatable bonds is 1. The van der Waals surface area contributed by atoms with E-state index in [0.29, 0.717) is 0 Å². The summed E-state index contributed by atoms with van der Waals surface area (Å²) in [6.07, 6.45) is 5.95. The third-order valence-corrected chi connectivity index (χ3v) is 3.99. The van der Waals surface area contributed by atoms with E-state index in [1.54, 1.807) is 5.57 Å². The zero-order valence-corrected chi connectivity index (χ0v) is 8.74. The van der Waals surface area contributed by atoms with Crippen molar-refractivity contribution in [3.63, 3.8) is 0 Å². The van der Waals surface area contributed by atoms with Crippen LogP contribution in [0.2, 0.25) is 0 Å². The van der Waals surface area contributed by atoms with Crippen molar-refractivity contribution >= 4 is 11.8 Å². The lowest BCUT2D eigenvalue weighted by Gasteiger charge is -2.31. The third kappa shape index (κ3) is 2.02. The summed E-state index contributed by atoms with van der Waals surface area (Å²) in [5, 5.41) is 0.856. The normalized spacial score (nSPS) is 38.5. The zero-order valence-electron chi connectivity index (χ0n) is 7.92. The SMILES string of the molecule is CSC1CC(C)=CC(C)C1C. The first-order valence-electron chi connectivity index (χ1n) is 4.35. The van der Waals surface area contributed by atoms with Gasteiger partial charge >= 0.3 is 0 Å². The molecule has 0 radical (unpaired) electrons. The first-order chi connectivity index (χ1) is 5.15. The molecule has 0 saturated heterocycles. The molecule has 1 rings (SSSR count). The van der Waals surface area contributed by atoms with E-state index < -0.39 is 0 Å². The van der Waals surface area contributed by atoms with Crippen LogP contribution in [-0.2, 0) is 0 Å². The Labute approximate surface area is 74.5 Å². The molecule has 0 aliphatic heterocycles. The van der Waals surface area contributed by atoms with Crippen molar-refractivity contribution in [3.05, 3.63) is 11.6 Å². The highest BCUT2D eigenvalue weighted by Gasteiger charge is 2.24. The minimum absolute atomic E-state index is 0.779. The first-order valence-corrected chi connectivity index (χ1v) is 5.64. The Hall–Kier alpha value is 0.0900. The van der Waals surface area contributed by atoms with Gasteiger partial charge in [-0.2, -0.15) is 11.8 Å². The van der Waals surface area contributed by atoms with Gasteiger partial charge in [0, 0.05) is 5.25 Å². The van der Waals surface area contributed by atoms with E-state index in [0.717, 1.165) is 17.1 Å². The topological polar surface area (TPSA) is 0 Å². The fraction of sp³-hybridized carbons (Fsp3) is 0.800. The number of thioether (sulfide) groups is 1. The van der Waals surface area contributed by atoms with Crippen LogP contribution in [0.15, 0.2) is 11.6 Å². The summed E-state index contributed by atoms with van der Waals surface area (Å²) in [5.74, 6) is 1.63. The third-order valence-electron chi connectivity index (χ3n) is 2.79. The second-order valence-electron chi connectivity index (χ2n) is 3.71. The molecule has 3 atom stereocenters. The van der Waals surface area contributed by atoms with Gasteiger partial charge in [0.15, 0.2) is 0 Å². The number of hydrogen-bond donors (Lipinski definition) is 0. The van der Waals surface area contributed by atoms with Crippen molar-refractivity contribution in [1.29, 1.82) is 0 Å². The molecule has 0 saturated carbocycles. The molecule has 0 amide bonds. The van der Waals surface area contributed by atoms with Crippen molar-refractivity contribution in [2.75, 3.05) is 6.26 Å². The van der Waals surface area contributed by atoms with E-state index in [-0.39, 0.29) is 0 Å². The first kappa shape index (κ1) is 9.18. The maximum atomic E-state index is 2.43. The van der Waals surface area contributed by atoms with Gasteiger partial charge in [0.05, 0.1) is 0 Å². The van der Waals surface area contributed by atoms with Crippen LogP contribution < -0.4 is 0 Å². The van der Waals surface area contributed by atoms with Gasteiger partial charge in [-0.1, -0.05) is 25.5 Å². The van der Waals surface area contributed by atoms with E-state index in [9.17, 15) is 0 Å². The summed E-state index contributed by atoms with van der Waals surface area (Å²) in [7, 11) is 0. The van der Waals surface area contributed by atoms with Crippen LogP contribution in [0.25, 0.3) is 0 Å². The molecular weight excluding hydrogens is 152 g/mol. The molecule has 0 nitrogen and oxygen atoms in total. The molecule has 0 heterocycles. The summed E-state index contributed by atoms with van der Waals surface area (Å²) < 4.78 is 0. The van der Waals surface area contributed by atoms with Gasteiger partial charge in [0.1, 0.15) is 0 Å². The molecule has 1 heteroatoms. The van der Waals surface area contributed by atoms with E-state index in [2.05, 4.69) is 33.1 Å². The van der Waals surface area contributed by atoms with Crippen molar-refractivity contribution in [1.82, 2.24) is 0 Å². The van der Waals surface area contributed by atoms with E-state index in [4.69, 9.17) is 0 Å². The Bertz CT molecular complexity index is 160. The molecule has 3 unspecified atom stereocenters. The van der Waals surface area contributed by atoms with Crippen LogP contribution in [0, 0.1) is 11.8 Å². The average Bonchev–Trinajstić information content (AvgIpc) is 1.96. The average molecular weight is 170 g/mol. The Morgan fingerprint density at radius 3 is 2.64 bits per heavy atom. The van der Waals surface area contributed by atoms with Gasteiger partial charge < -0.3 is 0 Å². The maximum Gasteiger partial charge on any atom is 0.0112 e. The van der Waals surface area contributed by atoms with Gasteiger partial charge in [-0.25, -0.2) is 0 Å². The van der Waals surface area contributed by atoms with E-state index in [1.807, 2.05) is 11.8 Å². The van der Waals surface area contributed by atoms with Crippen LogP contribution in [0.1, 0.15) is 27.2 Å². The van der Waals surface area contributed by atoms with Crippen LogP contribution in [0.3, 0.4) is 0 Å². The van der Waals surface area contributed by atoms with Crippen molar-refractivity contribution in [3.8, 4) is 0 Å². The van der Waals surface area contributed by atoms with Gasteiger partial charge in [-0.3, -0.25) is 0 Å². The van der Waals surface area contributed by atoms with Crippen LogP contribution in [-0.4, -0.2) is 11.5 Å². The van der Waals surface area contributed by atoms with Gasteiger partial charge in [-0.15, -0.1) is 0 Å². The lowest BCUT2D eigenvalue weighted by Crippen LogP contribution is -2.24. The highest BCUT2D eigenvalue weighted by molar-refractivity contribution is 7.99. The quantitative estimate of drug-likeness (QED) is 0.544. The Morgan fingerprint density at radius 1 is 1.45 bits per heavy atom. The molecule has 1 aliphatic carbocycles. The molecule has 0 fully saturated rings. The second kappa shape index (κ2) is 3.66. The Morgan fingerprint density at radius 2 is 2.09 bits per heavy atom. The van der Waals surface area contributed by atoms with Gasteiger partial charge in [0.2, 0.25) is 0 Å². The van der Waals surface area contributed by atoms with E-state index in [1.165, 1.54) is 6.42 Å². The van der Waals surface area contributed by atoms with Crippen LogP contribution in [0.5, 0.6) is 0 Å². The minimum atomic E-state index is 0.779. The molecule has 0 aromatic heterocycles. The molecule has 0 aromatic rings. The zero-order chi connectivity index (χ0) is 8.43. The van der Waals surface area contributed by atoms with Gasteiger partial charge in [-0.05, 0) is 31.4 Å². The lowest BCUT2D eigenvalue weighted by molar-refractivity contribution is 0.417. The summed E-state index contributed by atoms with van der Waals surface area (Å²) in [4.78, 5) is 0. The van der Waals surface area contributed by atoms with Crippen molar-refractivity contribution < 1.29 is 0 Å². The van der Waals surface area contributed by atoms with Gasteiger partial charge in [0.25, 0.3) is 0 Å². The fourth-order valence-electron chi connectivity index (χ4n) is 1.81. The molecule has 0 spiro atoms. The fourth-order valence-corrected chi connectivity index (χ4v) is 2.92. The molecule has 0 N–H and O–H groups in total. The lowest BCUT2D eigenvalue weighted by atomic mass is 9.83. The molecule has 64 valence electrons. The molecule has 1 aliphatic rings. The summed E-state index contributed by atoms with van der Waals surface area (Å²) in [6.45, 7) is 6.96. The summed E-state index contributed by atoms with van der Waals surface area (Å²) in [5.41, 5.74) is 1.58. The van der Waals surface area contributed by atoms with E-state index >= 15 is 0 Å². The number of allylic oxidation sites excluding steroid dienone is 2. The predicted molar refractivity (Wildman–Crippen MR) is 54.0 cm³/mol. The van der Waals surface area contributed by atoms with Crippen molar-refractivity contribution in [2.45, 2.75) is 32.4 Å². The summed E-state index contributed by atoms with van der Waals surface area (Å²) >= 11 is 2.02. The monoisotopic (exact) mass is 170 g/mol. The smallest absolute Gasteiger partial charge is 0.0112 e. The Kier molecular flexibility index (Phi) is 3.06. The molecular formula is C10H18S. The minimum Gasteiger partial charge on any atom is -0.161 e. The number of hydrogen-bond acceptors (Lipinski definition) is 1. The second-order valence-corrected chi connectivity index (χ2v) is 4.79. The molecule has 11 heavy (non-hydrogen) atoms. The highest BCUT2D eigenvalue weighted by atomic mass is 32.2. The molecule has 0 bridgehead atoms. The molecule has 0 aromatic carbocycles.